The van der Waals surface area contributed by atoms with E-state index in [1.165, 1.54) is 6.08 Å². The maximum absolute atomic E-state index is 12.4. The van der Waals surface area contributed by atoms with Gasteiger partial charge in [-0.2, -0.15) is 0 Å². The normalized spacial score (nSPS) is 13.3. The minimum absolute atomic E-state index is 0.167. The first kappa shape index (κ1) is 21.4. The number of anilines is 1. The van der Waals surface area contributed by atoms with Crippen LogP contribution < -0.4 is 20.1 Å². The predicted molar refractivity (Wildman–Crippen MR) is 118 cm³/mol. The average molecular weight is 408 g/mol. The molecule has 0 radical (unpaired) electrons. The summed E-state index contributed by atoms with van der Waals surface area (Å²) in [7, 11) is 1.58. The SMILES string of the molecule is COc1cc(/C=C/C(=O)Nc2ccccc2C(=O)NC2CC2)ccc1OCC(C)C. The third kappa shape index (κ3) is 6.11. The van der Waals surface area contributed by atoms with Gasteiger partial charge in [0.05, 0.1) is 25.0 Å². The van der Waals surface area contributed by atoms with E-state index in [0.29, 0.717) is 35.3 Å². The molecule has 1 aliphatic carbocycles. The summed E-state index contributed by atoms with van der Waals surface area (Å²) < 4.78 is 11.1. The molecule has 0 aromatic heterocycles. The van der Waals surface area contributed by atoms with Crippen LogP contribution in [0, 0.1) is 5.92 Å². The number of hydrogen-bond acceptors (Lipinski definition) is 4. The number of nitrogens with one attached hydrogen (secondary N) is 2. The maximum Gasteiger partial charge on any atom is 0.253 e. The van der Waals surface area contributed by atoms with E-state index in [9.17, 15) is 9.59 Å². The topological polar surface area (TPSA) is 76.7 Å². The van der Waals surface area contributed by atoms with E-state index in [4.69, 9.17) is 9.47 Å². The molecule has 2 aromatic carbocycles. The molecule has 2 N–H and O–H groups in total. The first-order valence-corrected chi connectivity index (χ1v) is 10.2. The Morgan fingerprint density at radius 1 is 1.13 bits per heavy atom. The molecule has 6 heteroatoms. The first-order chi connectivity index (χ1) is 14.5. The number of carbonyl (C=O) groups is 2. The monoisotopic (exact) mass is 408 g/mol. The summed E-state index contributed by atoms with van der Waals surface area (Å²) in [5, 5.41) is 5.73. The zero-order valence-corrected chi connectivity index (χ0v) is 17.6. The number of amides is 2. The molecule has 2 aromatic rings. The molecule has 1 saturated carbocycles. The summed E-state index contributed by atoms with van der Waals surface area (Å²) in [5.41, 5.74) is 1.75. The highest BCUT2D eigenvalue weighted by Crippen LogP contribution is 2.29. The number of para-hydroxylation sites is 1. The fourth-order valence-corrected chi connectivity index (χ4v) is 2.79. The Bertz CT molecular complexity index is 933. The second-order valence-corrected chi connectivity index (χ2v) is 7.73. The predicted octanol–water partition coefficient (Wildman–Crippen LogP) is 4.27. The number of carbonyl (C=O) groups excluding carboxylic acids is 2. The Kier molecular flexibility index (Phi) is 7.12. The third-order valence-corrected chi connectivity index (χ3v) is 4.53. The van der Waals surface area contributed by atoms with Crippen molar-refractivity contribution in [2.45, 2.75) is 32.7 Å². The van der Waals surface area contributed by atoms with Crippen LogP contribution in [0.5, 0.6) is 11.5 Å². The minimum Gasteiger partial charge on any atom is -0.493 e. The van der Waals surface area contributed by atoms with E-state index in [2.05, 4.69) is 24.5 Å². The summed E-state index contributed by atoms with van der Waals surface area (Å²) in [6.07, 6.45) is 5.14. The van der Waals surface area contributed by atoms with Crippen LogP contribution in [-0.4, -0.2) is 31.6 Å². The van der Waals surface area contributed by atoms with Gasteiger partial charge >= 0.3 is 0 Å². The highest BCUT2D eigenvalue weighted by Gasteiger charge is 2.24. The zero-order chi connectivity index (χ0) is 21.5. The van der Waals surface area contributed by atoms with Crippen molar-refractivity contribution in [3.8, 4) is 11.5 Å². The van der Waals surface area contributed by atoms with Gasteiger partial charge in [-0.15, -0.1) is 0 Å². The molecular formula is C24H28N2O4. The quantitative estimate of drug-likeness (QED) is 0.608. The van der Waals surface area contributed by atoms with E-state index in [0.717, 1.165) is 18.4 Å². The van der Waals surface area contributed by atoms with Crippen molar-refractivity contribution in [3.63, 3.8) is 0 Å². The van der Waals surface area contributed by atoms with Gasteiger partial charge in [-0.1, -0.05) is 32.0 Å². The fourth-order valence-electron chi connectivity index (χ4n) is 2.79. The smallest absolute Gasteiger partial charge is 0.253 e. The molecule has 1 fully saturated rings. The van der Waals surface area contributed by atoms with E-state index in [-0.39, 0.29) is 17.9 Å². The van der Waals surface area contributed by atoms with Crippen LogP contribution >= 0.6 is 0 Å². The van der Waals surface area contributed by atoms with Gasteiger partial charge in [-0.25, -0.2) is 0 Å². The Hall–Kier alpha value is -3.28. The lowest BCUT2D eigenvalue weighted by Crippen LogP contribution is -2.26. The largest absolute Gasteiger partial charge is 0.493 e. The number of hydrogen-bond donors (Lipinski definition) is 2. The van der Waals surface area contributed by atoms with Crippen molar-refractivity contribution in [1.82, 2.24) is 5.32 Å². The standard InChI is InChI=1S/C24H28N2O4/c1-16(2)15-30-21-12-8-17(14-22(21)29-3)9-13-23(27)26-20-7-5-4-6-19(20)24(28)25-18-10-11-18/h4-9,12-14,16,18H,10-11,15H2,1-3H3,(H,25,28)(H,26,27)/b13-9+. The number of methoxy groups -OCH3 is 1. The molecule has 2 amide bonds. The van der Waals surface area contributed by atoms with Gasteiger partial charge in [0, 0.05) is 12.1 Å². The number of benzene rings is 2. The van der Waals surface area contributed by atoms with Gasteiger partial charge in [0.1, 0.15) is 0 Å². The van der Waals surface area contributed by atoms with Crippen LogP contribution in [0.4, 0.5) is 5.69 Å². The molecule has 0 unspecified atom stereocenters. The van der Waals surface area contributed by atoms with E-state index in [1.54, 1.807) is 37.5 Å². The second kappa shape index (κ2) is 9.96. The molecule has 1 aliphatic rings. The molecule has 0 spiro atoms. The Morgan fingerprint density at radius 2 is 1.90 bits per heavy atom. The van der Waals surface area contributed by atoms with Crippen molar-refractivity contribution in [2.75, 3.05) is 19.0 Å². The van der Waals surface area contributed by atoms with Gasteiger partial charge in [0.15, 0.2) is 11.5 Å². The van der Waals surface area contributed by atoms with Crippen molar-refractivity contribution >= 4 is 23.6 Å². The molecule has 0 heterocycles. The van der Waals surface area contributed by atoms with Crippen LogP contribution in [0.25, 0.3) is 6.08 Å². The molecule has 0 atom stereocenters. The van der Waals surface area contributed by atoms with Gasteiger partial charge in [-0.05, 0) is 54.7 Å². The van der Waals surface area contributed by atoms with Gasteiger partial charge < -0.3 is 20.1 Å². The fraction of sp³-hybridized carbons (Fsp3) is 0.333. The van der Waals surface area contributed by atoms with Crippen LogP contribution in [0.3, 0.4) is 0 Å². The number of ether oxygens (including phenoxy) is 2. The molecule has 6 nitrogen and oxygen atoms in total. The van der Waals surface area contributed by atoms with E-state index in [1.807, 2.05) is 18.2 Å². The van der Waals surface area contributed by atoms with Crippen molar-refractivity contribution in [2.24, 2.45) is 5.92 Å². The lowest BCUT2D eigenvalue weighted by atomic mass is 10.1. The van der Waals surface area contributed by atoms with Gasteiger partial charge in [-0.3, -0.25) is 9.59 Å². The minimum atomic E-state index is -0.319. The van der Waals surface area contributed by atoms with Crippen LogP contribution in [0.15, 0.2) is 48.5 Å². The molecule has 0 bridgehead atoms. The Balaban J connectivity index is 1.65. The molecule has 0 saturated heterocycles. The van der Waals surface area contributed by atoms with Gasteiger partial charge in [0.25, 0.3) is 5.91 Å². The van der Waals surface area contributed by atoms with Crippen molar-refractivity contribution in [3.05, 3.63) is 59.7 Å². The summed E-state index contributed by atoms with van der Waals surface area (Å²) in [5.74, 6) is 1.20. The lowest BCUT2D eigenvalue weighted by molar-refractivity contribution is -0.111. The van der Waals surface area contributed by atoms with Crippen molar-refractivity contribution < 1.29 is 19.1 Å². The highest BCUT2D eigenvalue weighted by atomic mass is 16.5. The maximum atomic E-state index is 12.4. The van der Waals surface area contributed by atoms with Gasteiger partial charge in [0.2, 0.25) is 5.91 Å². The van der Waals surface area contributed by atoms with Crippen LogP contribution in [0.1, 0.15) is 42.6 Å². The number of rotatable bonds is 9. The molecule has 3 rings (SSSR count). The Labute approximate surface area is 177 Å². The lowest BCUT2D eigenvalue weighted by Gasteiger charge is -2.13. The molecule has 0 aliphatic heterocycles. The highest BCUT2D eigenvalue weighted by molar-refractivity contribution is 6.07. The van der Waals surface area contributed by atoms with Crippen molar-refractivity contribution in [1.29, 1.82) is 0 Å². The Morgan fingerprint density at radius 3 is 2.60 bits per heavy atom. The average Bonchev–Trinajstić information content (AvgIpc) is 3.55. The summed E-state index contributed by atoms with van der Waals surface area (Å²) in [6, 6.07) is 12.8. The van der Waals surface area contributed by atoms with Crippen LogP contribution in [-0.2, 0) is 4.79 Å². The molecular weight excluding hydrogens is 380 g/mol. The van der Waals surface area contributed by atoms with E-state index >= 15 is 0 Å². The van der Waals surface area contributed by atoms with Crippen LogP contribution in [0.2, 0.25) is 0 Å². The molecule has 30 heavy (non-hydrogen) atoms. The van der Waals surface area contributed by atoms with E-state index < -0.39 is 0 Å². The zero-order valence-electron chi connectivity index (χ0n) is 17.6. The summed E-state index contributed by atoms with van der Waals surface area (Å²) in [4.78, 5) is 24.8. The first-order valence-electron chi connectivity index (χ1n) is 10.2. The third-order valence-electron chi connectivity index (χ3n) is 4.53. The summed E-state index contributed by atoms with van der Waals surface area (Å²) in [6.45, 7) is 4.76. The summed E-state index contributed by atoms with van der Waals surface area (Å²) >= 11 is 0. The second-order valence-electron chi connectivity index (χ2n) is 7.73. The molecule has 158 valence electrons.